The first kappa shape index (κ1) is 23.3. The van der Waals surface area contributed by atoms with Gasteiger partial charge in [-0.05, 0) is 72.9 Å². The standard InChI is InChI=1S/C24H33ClN2O2S/c1-3-15-30(28,29)27(2)14-4-5-18-6-9-20-10-13-24(26)23(22(20)16-18)17-19-7-11-21(25)12-8-19/h6-9,11-12,16,23-24H,3-5,10,13-15,17,26H2,1-2H3. The van der Waals surface area contributed by atoms with E-state index in [0.29, 0.717) is 18.9 Å². The molecule has 0 heterocycles. The van der Waals surface area contributed by atoms with Crippen molar-refractivity contribution >= 4 is 21.6 Å². The van der Waals surface area contributed by atoms with Crippen LogP contribution in [0.3, 0.4) is 0 Å². The molecule has 2 unspecified atom stereocenters. The van der Waals surface area contributed by atoms with Crippen molar-refractivity contribution in [2.45, 2.75) is 57.4 Å². The molecule has 30 heavy (non-hydrogen) atoms. The van der Waals surface area contributed by atoms with Crippen molar-refractivity contribution in [3.63, 3.8) is 0 Å². The molecule has 2 N–H and O–H groups in total. The summed E-state index contributed by atoms with van der Waals surface area (Å²) in [6, 6.07) is 14.9. The first-order chi connectivity index (χ1) is 14.3. The van der Waals surface area contributed by atoms with Gasteiger partial charge in [-0.2, -0.15) is 0 Å². The Morgan fingerprint density at radius 1 is 1.13 bits per heavy atom. The minimum Gasteiger partial charge on any atom is -0.327 e. The van der Waals surface area contributed by atoms with E-state index in [4.69, 9.17) is 17.3 Å². The lowest BCUT2D eigenvalue weighted by Gasteiger charge is -2.32. The van der Waals surface area contributed by atoms with Gasteiger partial charge in [0, 0.05) is 30.6 Å². The molecule has 0 aromatic heterocycles. The normalized spacial score (nSPS) is 19.1. The highest BCUT2D eigenvalue weighted by Crippen LogP contribution is 2.34. The molecule has 0 amide bonds. The molecule has 2 aromatic carbocycles. The van der Waals surface area contributed by atoms with Crippen molar-refractivity contribution in [1.29, 1.82) is 0 Å². The van der Waals surface area contributed by atoms with Gasteiger partial charge in [0.2, 0.25) is 10.0 Å². The maximum Gasteiger partial charge on any atom is 0.213 e. The molecule has 0 spiro atoms. The second-order valence-corrected chi connectivity index (χ2v) is 11.0. The van der Waals surface area contributed by atoms with Gasteiger partial charge in [-0.25, -0.2) is 12.7 Å². The molecule has 164 valence electrons. The number of halogens is 1. The SMILES string of the molecule is CCCS(=O)(=O)N(C)CCCc1ccc2c(c1)C(Cc1ccc(Cl)cc1)C(N)CC2. The van der Waals surface area contributed by atoms with Crippen LogP contribution in [-0.2, 0) is 29.3 Å². The van der Waals surface area contributed by atoms with Gasteiger partial charge < -0.3 is 5.73 Å². The third-order valence-electron chi connectivity index (χ3n) is 6.12. The highest BCUT2D eigenvalue weighted by Gasteiger charge is 2.27. The minimum absolute atomic E-state index is 0.147. The zero-order valence-corrected chi connectivity index (χ0v) is 19.6. The number of nitrogens with two attached hydrogens (primary N) is 1. The summed E-state index contributed by atoms with van der Waals surface area (Å²) in [4.78, 5) is 0. The molecule has 0 bridgehead atoms. The van der Waals surface area contributed by atoms with Gasteiger partial charge in [-0.3, -0.25) is 0 Å². The zero-order valence-electron chi connectivity index (χ0n) is 18.0. The summed E-state index contributed by atoms with van der Waals surface area (Å²) in [5, 5.41) is 0.750. The van der Waals surface area contributed by atoms with Crippen molar-refractivity contribution < 1.29 is 8.42 Å². The number of rotatable bonds is 9. The maximum atomic E-state index is 12.1. The molecule has 0 fully saturated rings. The monoisotopic (exact) mass is 448 g/mol. The van der Waals surface area contributed by atoms with E-state index in [9.17, 15) is 8.42 Å². The minimum atomic E-state index is -3.13. The highest BCUT2D eigenvalue weighted by molar-refractivity contribution is 7.89. The second kappa shape index (κ2) is 10.3. The van der Waals surface area contributed by atoms with E-state index in [1.54, 1.807) is 7.05 Å². The van der Waals surface area contributed by atoms with Crippen LogP contribution in [0.4, 0.5) is 0 Å². The lowest BCUT2D eigenvalue weighted by atomic mass is 9.76. The molecule has 0 aliphatic heterocycles. The molecule has 1 aliphatic rings. The van der Waals surface area contributed by atoms with Crippen molar-refractivity contribution in [2.75, 3.05) is 19.3 Å². The van der Waals surface area contributed by atoms with Gasteiger partial charge in [-0.1, -0.05) is 48.9 Å². The Labute approximate surface area is 186 Å². The van der Waals surface area contributed by atoms with Gasteiger partial charge in [-0.15, -0.1) is 0 Å². The number of nitrogens with zero attached hydrogens (tertiary/aromatic N) is 1. The van der Waals surface area contributed by atoms with E-state index in [1.165, 1.54) is 26.6 Å². The van der Waals surface area contributed by atoms with Gasteiger partial charge in [0.25, 0.3) is 0 Å². The third-order valence-corrected chi connectivity index (χ3v) is 8.43. The molecule has 2 aromatic rings. The molecule has 0 saturated heterocycles. The Bertz CT molecular complexity index is 944. The van der Waals surface area contributed by atoms with E-state index in [0.717, 1.165) is 37.1 Å². The van der Waals surface area contributed by atoms with Crippen LogP contribution in [0, 0.1) is 0 Å². The Morgan fingerprint density at radius 3 is 2.53 bits per heavy atom. The summed E-state index contributed by atoms with van der Waals surface area (Å²) in [6.07, 6.45) is 5.25. The lowest BCUT2D eigenvalue weighted by Crippen LogP contribution is -2.34. The van der Waals surface area contributed by atoms with Crippen molar-refractivity contribution in [3.8, 4) is 0 Å². The van der Waals surface area contributed by atoms with Crippen LogP contribution in [0.5, 0.6) is 0 Å². The van der Waals surface area contributed by atoms with E-state index in [1.807, 2.05) is 19.1 Å². The predicted molar refractivity (Wildman–Crippen MR) is 126 cm³/mol. The molecule has 1 aliphatic carbocycles. The fraction of sp³-hybridized carbons (Fsp3) is 0.500. The maximum absolute atomic E-state index is 12.1. The van der Waals surface area contributed by atoms with Crippen molar-refractivity contribution in [2.24, 2.45) is 5.73 Å². The summed E-state index contributed by atoms with van der Waals surface area (Å²) in [5.41, 5.74) is 11.8. The Kier molecular flexibility index (Phi) is 7.97. The topological polar surface area (TPSA) is 63.4 Å². The first-order valence-electron chi connectivity index (χ1n) is 10.9. The summed E-state index contributed by atoms with van der Waals surface area (Å²) in [5.74, 6) is 0.509. The number of sulfonamides is 1. The second-order valence-electron chi connectivity index (χ2n) is 8.41. The molecule has 0 saturated carbocycles. The molecule has 4 nitrogen and oxygen atoms in total. The molecule has 2 atom stereocenters. The Balaban J connectivity index is 1.69. The Hall–Kier alpha value is -1.40. The van der Waals surface area contributed by atoms with Crippen LogP contribution >= 0.6 is 11.6 Å². The average molecular weight is 449 g/mol. The quantitative estimate of drug-likeness (QED) is 0.612. The van der Waals surface area contributed by atoms with Gasteiger partial charge in [0.15, 0.2) is 0 Å². The largest absolute Gasteiger partial charge is 0.327 e. The van der Waals surface area contributed by atoms with Gasteiger partial charge in [0.05, 0.1) is 5.75 Å². The zero-order chi connectivity index (χ0) is 21.7. The average Bonchev–Trinajstić information content (AvgIpc) is 2.71. The number of fused-ring (bicyclic) bond motifs is 1. The first-order valence-corrected chi connectivity index (χ1v) is 12.8. The molecular formula is C24H33ClN2O2S. The summed E-state index contributed by atoms with van der Waals surface area (Å²) < 4.78 is 25.8. The van der Waals surface area contributed by atoms with Gasteiger partial charge in [0.1, 0.15) is 0 Å². The highest BCUT2D eigenvalue weighted by atomic mass is 35.5. The molecule has 6 heteroatoms. The van der Waals surface area contributed by atoms with E-state index in [2.05, 4.69) is 30.3 Å². The Morgan fingerprint density at radius 2 is 1.83 bits per heavy atom. The van der Waals surface area contributed by atoms with Crippen LogP contribution in [0.2, 0.25) is 5.02 Å². The van der Waals surface area contributed by atoms with Crippen molar-refractivity contribution in [3.05, 3.63) is 69.7 Å². The van der Waals surface area contributed by atoms with Gasteiger partial charge >= 0.3 is 0 Å². The van der Waals surface area contributed by atoms with Crippen LogP contribution in [0.1, 0.15) is 54.4 Å². The lowest BCUT2D eigenvalue weighted by molar-refractivity contribution is 0.459. The summed E-state index contributed by atoms with van der Waals surface area (Å²) >= 11 is 6.04. The van der Waals surface area contributed by atoms with Crippen LogP contribution < -0.4 is 5.73 Å². The smallest absolute Gasteiger partial charge is 0.213 e. The number of hydrogen-bond acceptors (Lipinski definition) is 3. The number of aryl methyl sites for hydroxylation is 2. The summed E-state index contributed by atoms with van der Waals surface area (Å²) in [7, 11) is -1.45. The third kappa shape index (κ3) is 5.85. The van der Waals surface area contributed by atoms with Crippen molar-refractivity contribution in [1.82, 2.24) is 4.31 Å². The van der Waals surface area contributed by atoms with Crippen LogP contribution in [0.25, 0.3) is 0 Å². The van der Waals surface area contributed by atoms with E-state index >= 15 is 0 Å². The molecule has 0 radical (unpaired) electrons. The fourth-order valence-corrected chi connectivity index (χ4v) is 5.68. The number of benzene rings is 2. The predicted octanol–water partition coefficient (Wildman–Crippen LogP) is 4.54. The van der Waals surface area contributed by atoms with E-state index in [-0.39, 0.29) is 11.8 Å². The summed E-state index contributed by atoms with van der Waals surface area (Å²) in [6.45, 7) is 2.44. The van der Waals surface area contributed by atoms with Crippen LogP contribution in [0.15, 0.2) is 42.5 Å². The molecule has 3 rings (SSSR count). The molecular weight excluding hydrogens is 416 g/mol. The van der Waals surface area contributed by atoms with Crippen LogP contribution in [-0.4, -0.2) is 38.1 Å². The fourth-order valence-electron chi connectivity index (χ4n) is 4.32. The van der Waals surface area contributed by atoms with E-state index < -0.39 is 10.0 Å². The number of hydrogen-bond donors (Lipinski definition) is 1.